The van der Waals surface area contributed by atoms with Crippen LogP contribution in [0.25, 0.3) is 0 Å². The third-order valence-electron chi connectivity index (χ3n) is 2.04. The zero-order chi connectivity index (χ0) is 7.56. The highest BCUT2D eigenvalue weighted by Gasteiger charge is 2.23. The van der Waals surface area contributed by atoms with Crippen LogP contribution in [0.2, 0.25) is 0 Å². The number of allylic oxidation sites excluding steroid dienone is 3. The molecule has 0 unspecified atom stereocenters. The molecule has 1 heteroatoms. The quantitative estimate of drug-likeness (QED) is 0.530. The minimum atomic E-state index is 0.179. The maximum Gasteiger partial charge on any atom is 0.158 e. The average molecular weight is 136 g/mol. The first kappa shape index (κ1) is 7.26. The molecule has 1 aliphatic rings. The summed E-state index contributed by atoms with van der Waals surface area (Å²) < 4.78 is 0. The van der Waals surface area contributed by atoms with E-state index in [1.807, 2.05) is 19.1 Å². The van der Waals surface area contributed by atoms with Gasteiger partial charge < -0.3 is 0 Å². The number of carbonyl (C=O) groups is 1. The van der Waals surface area contributed by atoms with Crippen LogP contribution < -0.4 is 0 Å². The summed E-state index contributed by atoms with van der Waals surface area (Å²) in [5.41, 5.74) is 0. The van der Waals surface area contributed by atoms with Gasteiger partial charge in [0.15, 0.2) is 5.78 Å². The second-order valence-electron chi connectivity index (χ2n) is 2.74. The van der Waals surface area contributed by atoms with Gasteiger partial charge in [-0.15, -0.1) is 6.58 Å². The normalized spacial score (nSPS) is 31.1. The largest absolute Gasteiger partial charge is 0.295 e. The van der Waals surface area contributed by atoms with Crippen molar-refractivity contribution in [3.63, 3.8) is 0 Å². The maximum atomic E-state index is 10.9. The zero-order valence-corrected chi connectivity index (χ0v) is 6.21. The van der Waals surface area contributed by atoms with Crippen LogP contribution in [-0.2, 0) is 4.79 Å². The summed E-state index contributed by atoms with van der Waals surface area (Å²) in [5.74, 6) is 0.842. The Bertz CT molecular complexity index is 179. The Morgan fingerprint density at radius 2 is 2.50 bits per heavy atom. The molecule has 0 aromatic rings. The summed E-state index contributed by atoms with van der Waals surface area (Å²) in [6, 6.07) is 0. The van der Waals surface area contributed by atoms with Crippen molar-refractivity contribution in [1.82, 2.24) is 0 Å². The van der Waals surface area contributed by atoms with Crippen molar-refractivity contribution in [1.29, 1.82) is 0 Å². The molecule has 2 atom stereocenters. The van der Waals surface area contributed by atoms with E-state index in [2.05, 4.69) is 6.58 Å². The smallest absolute Gasteiger partial charge is 0.158 e. The number of ketones is 1. The second kappa shape index (κ2) is 2.82. The van der Waals surface area contributed by atoms with E-state index in [1.165, 1.54) is 0 Å². The zero-order valence-electron chi connectivity index (χ0n) is 6.21. The van der Waals surface area contributed by atoms with Gasteiger partial charge in [-0.3, -0.25) is 4.79 Å². The van der Waals surface area contributed by atoms with E-state index in [0.29, 0.717) is 5.92 Å². The van der Waals surface area contributed by atoms with Crippen molar-refractivity contribution in [2.45, 2.75) is 13.3 Å². The molecule has 0 aliphatic heterocycles. The van der Waals surface area contributed by atoms with Crippen molar-refractivity contribution in [3.05, 3.63) is 24.8 Å². The van der Waals surface area contributed by atoms with Gasteiger partial charge in [-0.05, 0) is 18.4 Å². The summed E-state index contributed by atoms with van der Waals surface area (Å²) in [5, 5.41) is 0. The molecule has 0 bridgehead atoms. The van der Waals surface area contributed by atoms with Gasteiger partial charge in [-0.2, -0.15) is 0 Å². The number of hydrogen-bond donors (Lipinski definition) is 0. The van der Waals surface area contributed by atoms with E-state index in [9.17, 15) is 4.79 Å². The fourth-order valence-electron chi connectivity index (χ4n) is 1.22. The van der Waals surface area contributed by atoms with Gasteiger partial charge in [0, 0.05) is 5.92 Å². The lowest BCUT2D eigenvalue weighted by Crippen LogP contribution is -2.10. The molecule has 0 saturated carbocycles. The van der Waals surface area contributed by atoms with Gasteiger partial charge in [0.05, 0.1) is 0 Å². The lowest BCUT2D eigenvalue weighted by molar-refractivity contribution is -0.117. The molecule has 0 fully saturated rings. The minimum absolute atomic E-state index is 0.179. The van der Waals surface area contributed by atoms with Crippen LogP contribution in [0.1, 0.15) is 13.3 Å². The van der Waals surface area contributed by atoms with Crippen molar-refractivity contribution < 1.29 is 4.79 Å². The first-order chi connectivity index (χ1) is 4.75. The first-order valence-electron chi connectivity index (χ1n) is 3.58. The summed E-state index contributed by atoms with van der Waals surface area (Å²) in [6.07, 6.45) is 6.45. The highest BCUT2D eigenvalue weighted by molar-refractivity contribution is 5.94. The van der Waals surface area contributed by atoms with Crippen LogP contribution in [0.15, 0.2) is 24.8 Å². The molecule has 0 amide bonds. The Kier molecular flexibility index (Phi) is 2.05. The Morgan fingerprint density at radius 1 is 1.80 bits per heavy atom. The third kappa shape index (κ3) is 1.18. The van der Waals surface area contributed by atoms with Gasteiger partial charge in [-0.1, -0.05) is 19.1 Å². The SMILES string of the molecule is C=CC[C@@H]1C=CC(=O)[C@H]1C. The summed E-state index contributed by atoms with van der Waals surface area (Å²) in [6.45, 7) is 5.61. The predicted octanol–water partition coefficient (Wildman–Crippen LogP) is 1.95. The van der Waals surface area contributed by atoms with Crippen molar-refractivity contribution >= 4 is 5.78 Å². The number of rotatable bonds is 2. The molecule has 0 aromatic heterocycles. The number of carbonyl (C=O) groups excluding carboxylic acids is 1. The molecule has 0 radical (unpaired) electrons. The Balaban J connectivity index is 2.57. The minimum Gasteiger partial charge on any atom is -0.295 e. The fraction of sp³-hybridized carbons (Fsp3) is 0.444. The molecule has 0 spiro atoms. The molecular weight excluding hydrogens is 124 g/mol. The fourth-order valence-corrected chi connectivity index (χ4v) is 1.22. The van der Waals surface area contributed by atoms with Crippen LogP contribution in [0.4, 0.5) is 0 Å². The molecule has 10 heavy (non-hydrogen) atoms. The van der Waals surface area contributed by atoms with Gasteiger partial charge in [0.25, 0.3) is 0 Å². The topological polar surface area (TPSA) is 17.1 Å². The lowest BCUT2D eigenvalue weighted by atomic mass is 9.94. The Labute approximate surface area is 61.4 Å². The molecule has 0 aromatic carbocycles. The van der Waals surface area contributed by atoms with Crippen molar-refractivity contribution in [2.24, 2.45) is 11.8 Å². The molecule has 0 saturated heterocycles. The summed E-state index contributed by atoms with van der Waals surface area (Å²) in [7, 11) is 0. The van der Waals surface area contributed by atoms with Crippen LogP contribution in [-0.4, -0.2) is 5.78 Å². The van der Waals surface area contributed by atoms with Crippen LogP contribution in [0, 0.1) is 11.8 Å². The van der Waals surface area contributed by atoms with Gasteiger partial charge in [0.1, 0.15) is 0 Å². The predicted molar refractivity (Wildman–Crippen MR) is 41.6 cm³/mol. The second-order valence-corrected chi connectivity index (χ2v) is 2.74. The average Bonchev–Trinajstić information content (AvgIpc) is 2.20. The monoisotopic (exact) mass is 136 g/mol. The van der Waals surface area contributed by atoms with Gasteiger partial charge in [0.2, 0.25) is 0 Å². The highest BCUT2D eigenvalue weighted by Crippen LogP contribution is 2.24. The van der Waals surface area contributed by atoms with E-state index in [4.69, 9.17) is 0 Å². The lowest BCUT2D eigenvalue weighted by Gasteiger charge is -2.09. The molecule has 0 N–H and O–H groups in total. The molecule has 1 nitrogen and oxygen atoms in total. The van der Waals surface area contributed by atoms with Crippen LogP contribution >= 0.6 is 0 Å². The van der Waals surface area contributed by atoms with Crippen molar-refractivity contribution in [3.8, 4) is 0 Å². The molecule has 54 valence electrons. The Morgan fingerprint density at radius 3 is 2.90 bits per heavy atom. The molecule has 1 aliphatic carbocycles. The number of hydrogen-bond acceptors (Lipinski definition) is 1. The molecule has 1 rings (SSSR count). The van der Waals surface area contributed by atoms with E-state index in [0.717, 1.165) is 6.42 Å². The van der Waals surface area contributed by atoms with E-state index >= 15 is 0 Å². The van der Waals surface area contributed by atoms with E-state index in [-0.39, 0.29) is 11.7 Å². The van der Waals surface area contributed by atoms with Gasteiger partial charge >= 0.3 is 0 Å². The summed E-state index contributed by atoms with van der Waals surface area (Å²) >= 11 is 0. The van der Waals surface area contributed by atoms with E-state index < -0.39 is 0 Å². The van der Waals surface area contributed by atoms with Crippen LogP contribution in [0.3, 0.4) is 0 Å². The highest BCUT2D eigenvalue weighted by atomic mass is 16.1. The maximum absolute atomic E-state index is 10.9. The first-order valence-corrected chi connectivity index (χ1v) is 3.58. The Hall–Kier alpha value is -0.850. The van der Waals surface area contributed by atoms with E-state index in [1.54, 1.807) is 6.08 Å². The molecular formula is C9H12O. The van der Waals surface area contributed by atoms with Crippen molar-refractivity contribution in [2.75, 3.05) is 0 Å². The third-order valence-corrected chi connectivity index (χ3v) is 2.04. The van der Waals surface area contributed by atoms with Gasteiger partial charge in [-0.25, -0.2) is 0 Å². The standard InChI is InChI=1S/C9H12O/c1-3-4-8-5-6-9(10)7(8)2/h3,5-8H,1,4H2,2H3/t7-,8+/m0/s1. The molecule has 0 heterocycles. The summed E-state index contributed by atoms with van der Waals surface area (Å²) in [4.78, 5) is 10.9. The van der Waals surface area contributed by atoms with Crippen LogP contribution in [0.5, 0.6) is 0 Å².